The Morgan fingerprint density at radius 2 is 0.958 bits per heavy atom. The van der Waals surface area contributed by atoms with Crippen LogP contribution in [0.25, 0.3) is 57.0 Å². The molecule has 348 valence electrons. The summed E-state index contributed by atoms with van der Waals surface area (Å²) in [6.07, 6.45) is 15.4. The molecule has 0 amide bonds. The molecule has 0 saturated carbocycles. The summed E-state index contributed by atoms with van der Waals surface area (Å²) in [6.45, 7) is 4.99. The number of hydrogen-bond acceptors (Lipinski definition) is 15. The van der Waals surface area contributed by atoms with Crippen molar-refractivity contribution in [2.75, 3.05) is 24.0 Å². The third kappa shape index (κ3) is 10.4. The van der Waals surface area contributed by atoms with Gasteiger partial charge in [-0.25, -0.2) is 39.9 Å². The molecule has 0 atom stereocenters. The van der Waals surface area contributed by atoms with Crippen LogP contribution in [0, 0.1) is 6.92 Å². The lowest BCUT2D eigenvalue weighted by molar-refractivity contribution is 0.112. The van der Waals surface area contributed by atoms with Crippen LogP contribution in [0.1, 0.15) is 49.6 Å². The SMILES string of the molecule is COc1ccc2c(c1)CN(c1nccc(-c3nccc(/C=C/c4ccnc5ccccc45)n3)n1)C2.COc1ccc2c(c1)CN(c1nccc(-c3nccc(C)n3)n1)C2.O=Cc1ccnc2ccccc12. The minimum Gasteiger partial charge on any atom is -0.497 e. The Kier molecular flexibility index (Phi) is 13.4. The van der Waals surface area contributed by atoms with Crippen LogP contribution >= 0.6 is 0 Å². The monoisotopic (exact) mass is 934 g/mol. The van der Waals surface area contributed by atoms with Gasteiger partial charge in [-0.15, -0.1) is 0 Å². The first-order valence-electron chi connectivity index (χ1n) is 22.8. The first kappa shape index (κ1) is 45.4. The fourth-order valence-electron chi connectivity index (χ4n) is 8.35. The minimum atomic E-state index is 0.564. The van der Waals surface area contributed by atoms with Gasteiger partial charge in [0.2, 0.25) is 11.9 Å². The lowest BCUT2D eigenvalue weighted by Gasteiger charge is -2.15. The maximum absolute atomic E-state index is 10.6. The van der Waals surface area contributed by atoms with Crippen LogP contribution in [0.3, 0.4) is 0 Å². The second kappa shape index (κ2) is 20.9. The summed E-state index contributed by atoms with van der Waals surface area (Å²) in [7, 11) is 3.37. The topological polar surface area (TPSA) is 171 Å². The van der Waals surface area contributed by atoms with E-state index >= 15 is 0 Å². The number of carbonyl (C=O) groups is 1. The number of aldehydes is 1. The van der Waals surface area contributed by atoms with Gasteiger partial charge >= 0.3 is 0 Å². The standard InChI is InChI=1S/C28H22N6O.C18H17N5O.C10H7NO/c1-35-23-9-7-20-17-34(18-21(20)16-23)28-31-15-12-26(33-28)27-30-14-11-22(32-27)8-6-19-10-13-29-25-5-3-2-4-24(19)25;1-12-5-7-19-17(21-12)16-6-8-20-18(22-16)23-10-13-3-4-15(24-2)9-14(13)11-23;12-7-8-5-6-11-10-4-2-1-3-9(8)10/h2-16H,17-18H2,1H3;3-9H,10-11H2,1-2H3;1-7H/b8-6+;;. The average Bonchev–Trinajstić information content (AvgIpc) is 4.07. The molecule has 12 rings (SSSR count). The first-order valence-corrected chi connectivity index (χ1v) is 22.8. The number of pyridine rings is 2. The number of nitrogens with zero attached hydrogens (tertiary/aromatic N) is 12. The number of methoxy groups -OCH3 is 2. The maximum Gasteiger partial charge on any atom is 0.226 e. The Morgan fingerprint density at radius 1 is 0.465 bits per heavy atom. The Hall–Kier alpha value is -9.37. The second-order valence-corrected chi connectivity index (χ2v) is 16.6. The molecule has 8 heterocycles. The molecule has 0 saturated heterocycles. The molecule has 15 nitrogen and oxygen atoms in total. The quantitative estimate of drug-likeness (QED) is 0.125. The van der Waals surface area contributed by atoms with Gasteiger partial charge < -0.3 is 19.3 Å². The van der Waals surface area contributed by atoms with Gasteiger partial charge in [0.25, 0.3) is 0 Å². The number of rotatable bonds is 9. The molecule has 0 fully saturated rings. The van der Waals surface area contributed by atoms with Crippen LogP contribution in [0.2, 0.25) is 0 Å². The Labute approximate surface area is 409 Å². The van der Waals surface area contributed by atoms with E-state index in [1.54, 1.807) is 51.3 Å². The number of hydrogen-bond donors (Lipinski definition) is 0. The van der Waals surface area contributed by atoms with E-state index in [4.69, 9.17) is 19.4 Å². The van der Waals surface area contributed by atoms with Crippen molar-refractivity contribution >= 4 is 52.1 Å². The van der Waals surface area contributed by atoms with Crippen LogP contribution < -0.4 is 19.3 Å². The predicted molar refractivity (Wildman–Crippen MR) is 274 cm³/mol. The number of anilines is 2. The van der Waals surface area contributed by atoms with E-state index in [0.29, 0.717) is 34.8 Å². The van der Waals surface area contributed by atoms with Crippen LogP contribution in [-0.2, 0) is 26.2 Å². The summed E-state index contributed by atoms with van der Waals surface area (Å²) in [5.41, 5.74) is 11.8. The van der Waals surface area contributed by atoms with E-state index in [0.717, 1.165) is 88.4 Å². The van der Waals surface area contributed by atoms with E-state index in [9.17, 15) is 4.79 Å². The molecule has 0 spiro atoms. The third-order valence-electron chi connectivity index (χ3n) is 12.0. The number of ether oxygens (including phenoxy) is 2. The lowest BCUT2D eigenvalue weighted by Crippen LogP contribution is -2.17. The number of para-hydroxylation sites is 2. The molecule has 0 bridgehead atoms. The number of aromatic nitrogens is 10. The molecule has 6 aromatic heterocycles. The molecule has 15 heteroatoms. The first-order chi connectivity index (χ1) is 34.9. The summed E-state index contributed by atoms with van der Waals surface area (Å²) < 4.78 is 10.7. The minimum absolute atomic E-state index is 0.564. The highest BCUT2D eigenvalue weighted by atomic mass is 16.5. The van der Waals surface area contributed by atoms with Gasteiger partial charge in [0.15, 0.2) is 17.9 Å². The molecule has 71 heavy (non-hydrogen) atoms. The molecule has 2 aliphatic rings. The van der Waals surface area contributed by atoms with Crippen molar-refractivity contribution in [2.45, 2.75) is 33.1 Å². The molecule has 10 aromatic rings. The zero-order chi connectivity index (χ0) is 48.5. The number of aryl methyl sites for hydroxylation is 1. The highest BCUT2D eigenvalue weighted by molar-refractivity contribution is 5.96. The molecule has 0 radical (unpaired) electrons. The van der Waals surface area contributed by atoms with Gasteiger partial charge in [0, 0.05) is 85.4 Å². The maximum atomic E-state index is 10.6. The average molecular weight is 935 g/mol. The summed E-state index contributed by atoms with van der Waals surface area (Å²) >= 11 is 0. The lowest BCUT2D eigenvalue weighted by atomic mass is 10.1. The van der Waals surface area contributed by atoms with Crippen molar-refractivity contribution in [3.05, 3.63) is 203 Å². The number of carbonyl (C=O) groups excluding carboxylic acids is 1. The van der Waals surface area contributed by atoms with Gasteiger partial charge in [0.1, 0.15) is 22.9 Å². The second-order valence-electron chi connectivity index (χ2n) is 16.6. The molecule has 0 unspecified atom stereocenters. The van der Waals surface area contributed by atoms with Gasteiger partial charge in [0.05, 0.1) is 30.9 Å². The molecule has 4 aromatic carbocycles. The van der Waals surface area contributed by atoms with Crippen molar-refractivity contribution in [3.8, 4) is 34.5 Å². The Bertz CT molecular complexity index is 3560. The zero-order valence-electron chi connectivity index (χ0n) is 39.2. The van der Waals surface area contributed by atoms with Gasteiger partial charge in [-0.2, -0.15) is 0 Å². The van der Waals surface area contributed by atoms with Crippen LogP contribution in [-0.4, -0.2) is 70.3 Å². The van der Waals surface area contributed by atoms with Crippen molar-refractivity contribution in [2.24, 2.45) is 0 Å². The summed E-state index contributed by atoms with van der Waals surface area (Å²) in [4.78, 5) is 59.7. The summed E-state index contributed by atoms with van der Waals surface area (Å²) in [5.74, 6) is 4.26. The number of benzene rings is 4. The Morgan fingerprint density at radius 3 is 1.52 bits per heavy atom. The van der Waals surface area contributed by atoms with Crippen LogP contribution in [0.5, 0.6) is 11.5 Å². The highest BCUT2D eigenvalue weighted by Crippen LogP contribution is 2.31. The van der Waals surface area contributed by atoms with Crippen molar-refractivity contribution in [3.63, 3.8) is 0 Å². The fraction of sp³-hybridized carbons (Fsp3) is 0.125. The normalized spacial score (nSPS) is 12.4. The fourth-order valence-corrected chi connectivity index (χ4v) is 8.35. The van der Waals surface area contributed by atoms with E-state index in [2.05, 4.69) is 86.1 Å². The Balaban J connectivity index is 0.000000139. The van der Waals surface area contributed by atoms with Crippen LogP contribution in [0.15, 0.2) is 159 Å². The molecule has 0 aliphatic carbocycles. The van der Waals surface area contributed by atoms with Crippen molar-refractivity contribution < 1.29 is 14.3 Å². The van der Waals surface area contributed by atoms with E-state index in [-0.39, 0.29) is 0 Å². The van der Waals surface area contributed by atoms with Gasteiger partial charge in [-0.1, -0.05) is 54.6 Å². The van der Waals surface area contributed by atoms with E-state index in [1.807, 2.05) is 104 Å². The molecule has 0 N–H and O–H groups in total. The van der Waals surface area contributed by atoms with Crippen molar-refractivity contribution in [1.82, 2.24) is 49.8 Å². The van der Waals surface area contributed by atoms with E-state index < -0.39 is 0 Å². The smallest absolute Gasteiger partial charge is 0.226 e. The summed E-state index contributed by atoms with van der Waals surface area (Å²) in [6, 6.07) is 39.2. The van der Waals surface area contributed by atoms with E-state index in [1.165, 1.54) is 22.3 Å². The predicted octanol–water partition coefficient (Wildman–Crippen LogP) is 10.00. The molecule has 2 aliphatic heterocycles. The highest BCUT2D eigenvalue weighted by Gasteiger charge is 2.24. The van der Waals surface area contributed by atoms with Gasteiger partial charge in [-0.3, -0.25) is 14.8 Å². The molecular formula is C56H46N12O3. The largest absolute Gasteiger partial charge is 0.497 e. The van der Waals surface area contributed by atoms with Gasteiger partial charge in [-0.05, 0) is 114 Å². The van der Waals surface area contributed by atoms with Crippen molar-refractivity contribution in [1.29, 1.82) is 0 Å². The van der Waals surface area contributed by atoms with Crippen LogP contribution in [0.4, 0.5) is 11.9 Å². The zero-order valence-corrected chi connectivity index (χ0v) is 39.2. The third-order valence-corrected chi connectivity index (χ3v) is 12.0. The summed E-state index contributed by atoms with van der Waals surface area (Å²) in [5, 5.41) is 2.01. The molecular weight excluding hydrogens is 889 g/mol. The number of fused-ring (bicyclic) bond motifs is 4.